The van der Waals surface area contributed by atoms with Crippen molar-refractivity contribution in [2.24, 2.45) is 0 Å². The number of piperidine rings is 1. The second-order valence-corrected chi connectivity index (χ2v) is 7.56. The molecule has 0 aromatic carbocycles. The average molecular weight is 367 g/mol. The topological polar surface area (TPSA) is 54.4 Å². The molecule has 2 saturated heterocycles. The maximum absolute atomic E-state index is 5.86. The highest BCUT2D eigenvalue weighted by Gasteiger charge is 2.20. The van der Waals surface area contributed by atoms with Crippen LogP contribution in [0.25, 0.3) is 0 Å². The Balaban J connectivity index is 1.41. The Morgan fingerprint density at radius 1 is 1.00 bits per heavy atom. The summed E-state index contributed by atoms with van der Waals surface area (Å²) in [6, 6.07) is 6.09. The Bertz CT molecular complexity index is 681. The first-order valence-electron chi connectivity index (χ1n) is 10.2. The molecule has 2 fully saturated rings. The van der Waals surface area contributed by atoms with E-state index in [4.69, 9.17) is 4.74 Å². The third-order valence-electron chi connectivity index (χ3n) is 5.33. The van der Waals surface area contributed by atoms with Gasteiger partial charge in [-0.05, 0) is 44.2 Å². The molecule has 6 heteroatoms. The Hall–Kier alpha value is -2.05. The highest BCUT2D eigenvalue weighted by molar-refractivity contribution is 5.30. The predicted octanol–water partition coefficient (Wildman–Crippen LogP) is 3.04. The van der Waals surface area contributed by atoms with Crippen LogP contribution in [0.5, 0.6) is 0 Å². The predicted molar refractivity (Wildman–Crippen MR) is 105 cm³/mol. The molecule has 2 aromatic rings. The van der Waals surface area contributed by atoms with Crippen molar-refractivity contribution in [1.29, 1.82) is 0 Å². The van der Waals surface area contributed by atoms with E-state index in [1.807, 2.05) is 30.7 Å². The molecule has 0 aliphatic carbocycles. The molecule has 0 spiro atoms. The standard InChI is InChI=1S/C21H29N5O/c1-4-10-26(11-5-1)21-23-13-18(14-24-21)15-25(17-20-8-6-12-27-20)16-19-7-2-3-9-22-19/h2-3,7,9,13-14,20H,1,4-6,8,10-12,15-17H2/t20-/m1/s1. The van der Waals surface area contributed by atoms with Gasteiger partial charge in [0.25, 0.3) is 0 Å². The fourth-order valence-electron chi connectivity index (χ4n) is 3.93. The van der Waals surface area contributed by atoms with Crippen molar-refractivity contribution in [3.05, 3.63) is 48.0 Å². The van der Waals surface area contributed by atoms with Crippen molar-refractivity contribution >= 4 is 5.95 Å². The molecule has 4 rings (SSSR count). The zero-order chi connectivity index (χ0) is 18.3. The molecule has 0 saturated carbocycles. The summed E-state index contributed by atoms with van der Waals surface area (Å²) in [7, 11) is 0. The van der Waals surface area contributed by atoms with Crippen molar-refractivity contribution in [2.45, 2.75) is 51.3 Å². The minimum absolute atomic E-state index is 0.322. The fourth-order valence-corrected chi connectivity index (χ4v) is 3.93. The van der Waals surface area contributed by atoms with Gasteiger partial charge in [-0.2, -0.15) is 0 Å². The van der Waals surface area contributed by atoms with Crippen molar-refractivity contribution in [3.63, 3.8) is 0 Å². The van der Waals surface area contributed by atoms with E-state index >= 15 is 0 Å². The van der Waals surface area contributed by atoms with E-state index in [1.54, 1.807) is 0 Å². The molecule has 6 nitrogen and oxygen atoms in total. The average Bonchev–Trinajstić information content (AvgIpc) is 3.23. The monoisotopic (exact) mass is 367 g/mol. The van der Waals surface area contributed by atoms with Crippen LogP contribution in [-0.2, 0) is 17.8 Å². The number of hydrogen-bond donors (Lipinski definition) is 0. The highest BCUT2D eigenvalue weighted by Crippen LogP contribution is 2.18. The molecule has 1 atom stereocenters. The molecule has 27 heavy (non-hydrogen) atoms. The zero-order valence-corrected chi connectivity index (χ0v) is 16.0. The van der Waals surface area contributed by atoms with Crippen LogP contribution in [0.2, 0.25) is 0 Å². The molecular formula is C21H29N5O. The molecule has 144 valence electrons. The van der Waals surface area contributed by atoms with Gasteiger partial charge in [-0.1, -0.05) is 6.07 Å². The van der Waals surface area contributed by atoms with Gasteiger partial charge in [0.05, 0.1) is 11.8 Å². The summed E-state index contributed by atoms with van der Waals surface area (Å²) in [6.07, 6.45) is 12.3. The van der Waals surface area contributed by atoms with Crippen molar-refractivity contribution in [2.75, 3.05) is 31.1 Å². The third kappa shape index (κ3) is 5.23. The Morgan fingerprint density at radius 3 is 2.56 bits per heavy atom. The molecule has 4 heterocycles. The minimum atomic E-state index is 0.322. The number of pyridine rings is 1. The molecule has 0 unspecified atom stereocenters. The summed E-state index contributed by atoms with van der Waals surface area (Å²) in [5.74, 6) is 0.869. The van der Waals surface area contributed by atoms with Crippen LogP contribution in [0.3, 0.4) is 0 Å². The van der Waals surface area contributed by atoms with Gasteiger partial charge in [0, 0.05) is 63.5 Å². The van der Waals surface area contributed by atoms with Gasteiger partial charge in [0.15, 0.2) is 0 Å². The van der Waals surface area contributed by atoms with E-state index in [1.165, 1.54) is 19.3 Å². The van der Waals surface area contributed by atoms with Crippen LogP contribution in [0.15, 0.2) is 36.8 Å². The van der Waals surface area contributed by atoms with E-state index < -0.39 is 0 Å². The molecule has 2 aliphatic rings. The lowest BCUT2D eigenvalue weighted by Crippen LogP contribution is -2.32. The van der Waals surface area contributed by atoms with E-state index in [-0.39, 0.29) is 0 Å². The number of aromatic nitrogens is 3. The van der Waals surface area contributed by atoms with Gasteiger partial charge in [-0.25, -0.2) is 9.97 Å². The van der Waals surface area contributed by atoms with Crippen LogP contribution < -0.4 is 4.90 Å². The molecule has 0 radical (unpaired) electrons. The molecule has 2 aliphatic heterocycles. The van der Waals surface area contributed by atoms with E-state index in [0.29, 0.717) is 6.10 Å². The van der Waals surface area contributed by atoms with Crippen LogP contribution in [0.4, 0.5) is 5.95 Å². The summed E-state index contributed by atoms with van der Waals surface area (Å²) >= 11 is 0. The van der Waals surface area contributed by atoms with E-state index in [0.717, 1.165) is 69.4 Å². The highest BCUT2D eigenvalue weighted by atomic mass is 16.5. The van der Waals surface area contributed by atoms with Crippen molar-refractivity contribution in [1.82, 2.24) is 19.9 Å². The third-order valence-corrected chi connectivity index (χ3v) is 5.33. The first-order valence-corrected chi connectivity index (χ1v) is 10.2. The maximum Gasteiger partial charge on any atom is 0.225 e. The Kier molecular flexibility index (Phi) is 6.27. The molecule has 2 aromatic heterocycles. The molecule has 0 bridgehead atoms. The zero-order valence-electron chi connectivity index (χ0n) is 16.0. The fraction of sp³-hybridized carbons (Fsp3) is 0.571. The number of ether oxygens (including phenoxy) is 1. The number of hydrogen-bond acceptors (Lipinski definition) is 6. The van der Waals surface area contributed by atoms with E-state index in [9.17, 15) is 0 Å². The number of nitrogens with zero attached hydrogens (tertiary/aromatic N) is 5. The largest absolute Gasteiger partial charge is 0.377 e. The van der Waals surface area contributed by atoms with Gasteiger partial charge in [0.2, 0.25) is 5.95 Å². The van der Waals surface area contributed by atoms with E-state index in [2.05, 4.69) is 30.8 Å². The van der Waals surface area contributed by atoms with Crippen LogP contribution >= 0.6 is 0 Å². The Morgan fingerprint density at radius 2 is 1.85 bits per heavy atom. The number of anilines is 1. The lowest BCUT2D eigenvalue weighted by molar-refractivity contribution is 0.0674. The molecule has 0 N–H and O–H groups in total. The van der Waals surface area contributed by atoms with Crippen LogP contribution in [-0.4, -0.2) is 52.2 Å². The van der Waals surface area contributed by atoms with Gasteiger partial charge >= 0.3 is 0 Å². The van der Waals surface area contributed by atoms with Crippen molar-refractivity contribution in [3.8, 4) is 0 Å². The first-order chi connectivity index (χ1) is 13.4. The number of rotatable bonds is 7. The SMILES string of the molecule is c1ccc(CN(Cc2cnc(N3CCCCC3)nc2)C[C@H]2CCCO2)nc1. The normalized spacial score (nSPS) is 20.3. The Labute approximate surface area is 161 Å². The lowest BCUT2D eigenvalue weighted by atomic mass is 10.1. The van der Waals surface area contributed by atoms with Gasteiger partial charge in [0.1, 0.15) is 0 Å². The van der Waals surface area contributed by atoms with Crippen molar-refractivity contribution < 1.29 is 4.74 Å². The van der Waals surface area contributed by atoms with Gasteiger partial charge in [-0.15, -0.1) is 0 Å². The minimum Gasteiger partial charge on any atom is -0.377 e. The van der Waals surface area contributed by atoms with Crippen LogP contribution in [0.1, 0.15) is 43.4 Å². The second kappa shape index (κ2) is 9.24. The maximum atomic E-state index is 5.86. The smallest absolute Gasteiger partial charge is 0.225 e. The van der Waals surface area contributed by atoms with Gasteiger partial charge < -0.3 is 9.64 Å². The molecule has 0 amide bonds. The molecular weight excluding hydrogens is 338 g/mol. The summed E-state index contributed by atoms with van der Waals surface area (Å²) in [5, 5.41) is 0. The summed E-state index contributed by atoms with van der Waals surface area (Å²) < 4.78 is 5.86. The summed E-state index contributed by atoms with van der Waals surface area (Å²) in [6.45, 7) is 5.58. The first kappa shape index (κ1) is 18.3. The quantitative estimate of drug-likeness (QED) is 0.750. The second-order valence-electron chi connectivity index (χ2n) is 7.56. The van der Waals surface area contributed by atoms with Gasteiger partial charge in [-0.3, -0.25) is 9.88 Å². The summed E-state index contributed by atoms with van der Waals surface area (Å²) in [4.78, 5) is 18.5. The lowest BCUT2D eigenvalue weighted by Gasteiger charge is -2.27. The van der Waals surface area contributed by atoms with Crippen LogP contribution in [0, 0.1) is 0 Å². The summed E-state index contributed by atoms with van der Waals surface area (Å²) in [5.41, 5.74) is 2.23.